The maximum Gasteiger partial charge on any atom is 0.238 e. The predicted molar refractivity (Wildman–Crippen MR) is 214 cm³/mol. The summed E-state index contributed by atoms with van der Waals surface area (Å²) < 4.78 is 2.11. The van der Waals surface area contributed by atoms with Crippen molar-refractivity contribution in [3.63, 3.8) is 0 Å². The molecule has 0 aliphatic carbocycles. The Balaban J connectivity index is 1.25. The molecule has 0 saturated carbocycles. The Hall–Kier alpha value is -7.56. The van der Waals surface area contributed by atoms with Crippen molar-refractivity contribution in [1.29, 1.82) is 0 Å². The molecule has 0 radical (unpaired) electrons. The summed E-state index contributed by atoms with van der Waals surface area (Å²) in [6.45, 7) is 8.03. The number of aromatic nitrogens is 4. The molecule has 0 fully saturated rings. The van der Waals surface area contributed by atoms with Gasteiger partial charge in [-0.2, -0.15) is 9.97 Å². The van der Waals surface area contributed by atoms with Crippen LogP contribution in [0.2, 0.25) is 0 Å². The van der Waals surface area contributed by atoms with E-state index < -0.39 is 0 Å². The summed E-state index contributed by atoms with van der Waals surface area (Å²) in [7, 11) is 0. The lowest BCUT2D eigenvalue weighted by atomic mass is 10.0. The Kier molecular flexibility index (Phi) is 7.05. The quantitative estimate of drug-likeness (QED) is 0.170. The van der Waals surface area contributed by atoms with Crippen molar-refractivity contribution in [1.82, 2.24) is 19.5 Å². The van der Waals surface area contributed by atoms with Crippen LogP contribution in [0.1, 0.15) is 0 Å². The highest BCUT2D eigenvalue weighted by Gasteiger charge is 2.32. The van der Waals surface area contributed by atoms with Crippen molar-refractivity contribution in [2.45, 2.75) is 0 Å². The summed E-state index contributed by atoms with van der Waals surface area (Å²) in [5.74, 6) is 1.51. The van der Waals surface area contributed by atoms with Gasteiger partial charge in [0, 0.05) is 27.6 Å². The molecule has 0 saturated heterocycles. The minimum Gasteiger partial charge on any atom is -0.306 e. The largest absolute Gasteiger partial charge is 0.306 e. The van der Waals surface area contributed by atoms with Crippen molar-refractivity contribution in [3.8, 4) is 28.7 Å². The first-order valence-electron chi connectivity index (χ1n) is 17.4. The van der Waals surface area contributed by atoms with Crippen LogP contribution >= 0.6 is 0 Å². The molecule has 2 aromatic heterocycles. The summed E-state index contributed by atoms with van der Waals surface area (Å²) in [4.78, 5) is 24.0. The van der Waals surface area contributed by atoms with E-state index in [1.54, 1.807) is 0 Å². The average molecular weight is 680 g/mol. The van der Waals surface area contributed by atoms with Crippen LogP contribution in [0, 0.1) is 6.57 Å². The third kappa shape index (κ3) is 4.93. The van der Waals surface area contributed by atoms with Crippen LogP contribution < -0.4 is 9.80 Å². The molecule has 10 rings (SSSR count). The highest BCUT2D eigenvalue weighted by molar-refractivity contribution is 6.09. The van der Waals surface area contributed by atoms with Gasteiger partial charge in [-0.1, -0.05) is 115 Å². The van der Waals surface area contributed by atoms with Gasteiger partial charge >= 0.3 is 0 Å². The van der Waals surface area contributed by atoms with E-state index in [9.17, 15) is 0 Å². The van der Waals surface area contributed by atoms with E-state index >= 15 is 0 Å². The molecule has 0 atom stereocenters. The summed E-state index contributed by atoms with van der Waals surface area (Å²) >= 11 is 0. The minimum atomic E-state index is 0.469. The number of nitrogens with zero attached hydrogens (tertiary/aromatic N) is 7. The number of benzene rings is 7. The van der Waals surface area contributed by atoms with Gasteiger partial charge in [0.15, 0.2) is 17.3 Å². The van der Waals surface area contributed by atoms with Gasteiger partial charge in [-0.15, -0.1) is 0 Å². The van der Waals surface area contributed by atoms with Gasteiger partial charge in [0.2, 0.25) is 5.95 Å². The van der Waals surface area contributed by atoms with Gasteiger partial charge in [-0.05, 0) is 60.7 Å². The predicted octanol–water partition coefficient (Wildman–Crippen LogP) is 12.1. The number of hydrogen-bond acceptors (Lipinski definition) is 5. The van der Waals surface area contributed by atoms with Gasteiger partial charge in [-0.25, -0.2) is 9.83 Å². The van der Waals surface area contributed by atoms with Gasteiger partial charge < -0.3 is 9.80 Å². The molecule has 248 valence electrons. The molecule has 53 heavy (non-hydrogen) atoms. The summed E-state index contributed by atoms with van der Waals surface area (Å²) in [5.41, 5.74) is 10.0. The van der Waals surface area contributed by atoms with Gasteiger partial charge in [-0.3, -0.25) is 4.57 Å². The Morgan fingerprint density at radius 2 is 0.943 bits per heavy atom. The second-order valence-corrected chi connectivity index (χ2v) is 12.8. The fraction of sp³-hybridized carbons (Fsp3) is 0. The number of fused-ring (bicyclic) bond motifs is 5. The highest BCUT2D eigenvalue weighted by atomic mass is 15.3. The van der Waals surface area contributed by atoms with Gasteiger partial charge in [0.1, 0.15) is 0 Å². The van der Waals surface area contributed by atoms with E-state index in [0.717, 1.165) is 67.1 Å². The molecule has 7 heteroatoms. The third-order valence-electron chi connectivity index (χ3n) is 9.77. The maximum absolute atomic E-state index is 8.03. The Morgan fingerprint density at radius 1 is 0.434 bits per heavy atom. The van der Waals surface area contributed by atoms with E-state index in [2.05, 4.69) is 128 Å². The molecular formula is C46H29N7. The van der Waals surface area contributed by atoms with Gasteiger partial charge in [0.25, 0.3) is 0 Å². The van der Waals surface area contributed by atoms with Crippen LogP contribution in [-0.4, -0.2) is 19.5 Å². The van der Waals surface area contributed by atoms with Gasteiger partial charge in [0.05, 0.1) is 46.0 Å². The topological polar surface area (TPSA) is 54.4 Å². The monoisotopic (exact) mass is 679 g/mol. The van der Waals surface area contributed by atoms with Crippen molar-refractivity contribution in [2.75, 3.05) is 9.80 Å². The van der Waals surface area contributed by atoms with Crippen molar-refractivity contribution < 1.29 is 0 Å². The van der Waals surface area contributed by atoms with Crippen molar-refractivity contribution in [3.05, 3.63) is 187 Å². The number of hydrogen-bond donors (Lipinski definition) is 0. The minimum absolute atomic E-state index is 0.469. The summed E-state index contributed by atoms with van der Waals surface area (Å²) in [5, 5.41) is 2.23. The molecule has 1 aliphatic heterocycles. The first kappa shape index (κ1) is 30.3. The smallest absolute Gasteiger partial charge is 0.238 e. The van der Waals surface area contributed by atoms with E-state index in [0.29, 0.717) is 23.3 Å². The van der Waals surface area contributed by atoms with Crippen LogP contribution in [0.4, 0.5) is 39.8 Å². The van der Waals surface area contributed by atoms with Crippen LogP contribution in [0.3, 0.4) is 0 Å². The zero-order valence-electron chi connectivity index (χ0n) is 28.4. The van der Waals surface area contributed by atoms with E-state index in [-0.39, 0.29) is 0 Å². The fourth-order valence-corrected chi connectivity index (χ4v) is 7.47. The molecule has 0 bridgehead atoms. The van der Waals surface area contributed by atoms with Crippen LogP contribution in [-0.2, 0) is 0 Å². The first-order chi connectivity index (χ1) is 26.3. The standard InChI is InChI=1S/C46H29N7/c1-47-32-28-29-39(52-42-26-14-12-24-40(42)51(33-18-6-3-7-19-33)41-25-13-15-27-43(41)52)36(30-32)45-48-44(31-16-4-2-5-17-31)49-46(50-45)53-37-22-10-8-20-34(37)35-21-9-11-23-38(35)53/h2-30H. The highest BCUT2D eigenvalue weighted by Crippen LogP contribution is 2.55. The normalized spacial score (nSPS) is 12.1. The average Bonchev–Trinajstić information content (AvgIpc) is 3.57. The Labute approximate surface area is 306 Å². The maximum atomic E-state index is 8.03. The molecule has 7 nitrogen and oxygen atoms in total. The van der Waals surface area contributed by atoms with E-state index in [4.69, 9.17) is 21.5 Å². The number of para-hydroxylation sites is 7. The molecule has 7 aromatic carbocycles. The summed E-state index contributed by atoms with van der Waals surface area (Å²) in [6.07, 6.45) is 0. The number of rotatable bonds is 5. The third-order valence-corrected chi connectivity index (χ3v) is 9.77. The fourth-order valence-electron chi connectivity index (χ4n) is 7.47. The first-order valence-corrected chi connectivity index (χ1v) is 17.4. The molecule has 1 aliphatic rings. The zero-order valence-corrected chi connectivity index (χ0v) is 28.4. The molecule has 0 spiro atoms. The molecule has 3 heterocycles. The van der Waals surface area contributed by atoms with E-state index in [1.807, 2.05) is 66.7 Å². The molecule has 0 unspecified atom stereocenters. The lowest BCUT2D eigenvalue weighted by Crippen LogP contribution is -2.24. The lowest BCUT2D eigenvalue weighted by molar-refractivity contribution is 0.953. The Bertz CT molecular complexity index is 2770. The molecule has 0 N–H and O–H groups in total. The molecule has 0 amide bonds. The van der Waals surface area contributed by atoms with Crippen molar-refractivity contribution >= 4 is 61.6 Å². The van der Waals surface area contributed by atoms with Crippen LogP contribution in [0.25, 0.3) is 55.4 Å². The second-order valence-electron chi connectivity index (χ2n) is 12.8. The number of anilines is 6. The molecular weight excluding hydrogens is 651 g/mol. The van der Waals surface area contributed by atoms with Crippen molar-refractivity contribution in [2.24, 2.45) is 0 Å². The second kappa shape index (κ2) is 12.3. The summed E-state index contributed by atoms with van der Waals surface area (Å²) in [6, 6.07) is 59.7. The lowest BCUT2D eigenvalue weighted by Gasteiger charge is -2.40. The molecule has 9 aromatic rings. The SMILES string of the molecule is [C-]#[N+]c1ccc(N2c3ccccc3N(c3ccccc3)c3ccccc32)c(-c2nc(-c3ccccc3)nc(-n3c4ccccc4c4ccccc43)n2)c1. The Morgan fingerprint density at radius 3 is 1.55 bits per heavy atom. The van der Waals surface area contributed by atoms with E-state index in [1.165, 1.54) is 0 Å². The van der Waals surface area contributed by atoms with Crippen LogP contribution in [0.15, 0.2) is 176 Å². The van der Waals surface area contributed by atoms with Crippen LogP contribution in [0.5, 0.6) is 0 Å². The zero-order chi connectivity index (χ0) is 35.3.